The van der Waals surface area contributed by atoms with Crippen LogP contribution in [-0.4, -0.2) is 42.4 Å². The van der Waals surface area contributed by atoms with E-state index in [2.05, 4.69) is 0 Å². The van der Waals surface area contributed by atoms with Crippen molar-refractivity contribution in [3.63, 3.8) is 0 Å². The Hall–Kier alpha value is -1.90. The van der Waals surface area contributed by atoms with Crippen LogP contribution in [0.4, 0.5) is 27.6 Å². The van der Waals surface area contributed by atoms with Crippen molar-refractivity contribution in [2.75, 3.05) is 18.0 Å². The lowest BCUT2D eigenvalue weighted by atomic mass is 10.1. The highest BCUT2D eigenvalue weighted by molar-refractivity contribution is 5.95. The summed E-state index contributed by atoms with van der Waals surface area (Å²) in [7, 11) is 0. The molecular weight excluding hydrogens is 311 g/mol. The van der Waals surface area contributed by atoms with Crippen molar-refractivity contribution in [2.45, 2.75) is 25.2 Å². The van der Waals surface area contributed by atoms with Gasteiger partial charge >= 0.3 is 6.18 Å². The average molecular weight is 324 g/mol. The van der Waals surface area contributed by atoms with Crippen LogP contribution in [0.15, 0.2) is 12.1 Å². The van der Waals surface area contributed by atoms with E-state index in [1.165, 1.54) is 4.90 Å². The molecule has 9 heteroatoms. The summed E-state index contributed by atoms with van der Waals surface area (Å²) in [6, 6.07) is -0.907. The lowest BCUT2D eigenvalue weighted by Gasteiger charge is -2.38. The number of carbonyl (C=O) groups excluding carboxylic acids is 1. The number of benzene rings is 1. The summed E-state index contributed by atoms with van der Waals surface area (Å²) in [5.41, 5.74) is -0.957. The molecule has 0 radical (unpaired) electrons. The minimum atomic E-state index is -4.68. The van der Waals surface area contributed by atoms with Gasteiger partial charge in [-0.3, -0.25) is 4.79 Å². The predicted octanol–water partition coefficient (Wildman–Crippen LogP) is 1.83. The standard InChI is InChI=1S/C13H13F5N2O2/c1-6(13(16,17)18)19-12(22)8-2-10(15)11(3-9(8)14)20-4-7(21)5-20/h2-3,6-7,21H,4-5H2,1H3,(H,19,22). The van der Waals surface area contributed by atoms with Crippen LogP contribution in [0.3, 0.4) is 0 Å². The molecule has 0 bridgehead atoms. The number of halogens is 5. The number of hydrogen-bond acceptors (Lipinski definition) is 3. The molecule has 2 N–H and O–H groups in total. The van der Waals surface area contributed by atoms with Gasteiger partial charge in [-0.1, -0.05) is 0 Å². The van der Waals surface area contributed by atoms with Crippen molar-refractivity contribution in [3.05, 3.63) is 29.3 Å². The fourth-order valence-electron chi connectivity index (χ4n) is 1.96. The molecule has 0 aromatic heterocycles. The first-order valence-electron chi connectivity index (χ1n) is 6.39. The number of alkyl halides is 3. The molecule has 1 fully saturated rings. The molecule has 1 amide bonds. The number of hydrogen-bond donors (Lipinski definition) is 2. The number of anilines is 1. The molecule has 1 saturated heterocycles. The number of aliphatic hydroxyl groups is 1. The maximum Gasteiger partial charge on any atom is 0.408 e. The number of nitrogens with one attached hydrogen (secondary N) is 1. The van der Waals surface area contributed by atoms with Gasteiger partial charge in [0.15, 0.2) is 0 Å². The van der Waals surface area contributed by atoms with Gasteiger partial charge in [-0.2, -0.15) is 13.2 Å². The summed E-state index contributed by atoms with van der Waals surface area (Å²) >= 11 is 0. The van der Waals surface area contributed by atoms with Crippen molar-refractivity contribution in [3.8, 4) is 0 Å². The molecule has 2 rings (SSSR count). The zero-order chi connectivity index (χ0) is 16.7. The van der Waals surface area contributed by atoms with Crippen LogP contribution in [0, 0.1) is 11.6 Å². The molecule has 122 valence electrons. The Morgan fingerprint density at radius 1 is 1.32 bits per heavy atom. The van der Waals surface area contributed by atoms with Gasteiger partial charge < -0.3 is 15.3 Å². The van der Waals surface area contributed by atoms with E-state index in [9.17, 15) is 26.7 Å². The highest BCUT2D eigenvalue weighted by Gasteiger charge is 2.37. The Labute approximate surface area is 122 Å². The Kier molecular flexibility index (Phi) is 4.28. The van der Waals surface area contributed by atoms with Crippen LogP contribution in [0.5, 0.6) is 0 Å². The molecule has 22 heavy (non-hydrogen) atoms. The second kappa shape index (κ2) is 5.71. The average Bonchev–Trinajstić information content (AvgIpc) is 2.36. The highest BCUT2D eigenvalue weighted by atomic mass is 19.4. The molecule has 1 unspecified atom stereocenters. The smallest absolute Gasteiger partial charge is 0.389 e. The van der Waals surface area contributed by atoms with Crippen LogP contribution in [0.2, 0.25) is 0 Å². The maximum atomic E-state index is 13.9. The lowest BCUT2D eigenvalue weighted by Crippen LogP contribution is -2.51. The van der Waals surface area contributed by atoms with Gasteiger partial charge in [-0.05, 0) is 13.0 Å². The fourth-order valence-corrected chi connectivity index (χ4v) is 1.96. The van der Waals surface area contributed by atoms with Crippen LogP contribution in [0.1, 0.15) is 17.3 Å². The topological polar surface area (TPSA) is 52.6 Å². The molecule has 0 saturated carbocycles. The minimum Gasteiger partial charge on any atom is -0.389 e. The van der Waals surface area contributed by atoms with Gasteiger partial charge in [0.25, 0.3) is 5.91 Å². The molecule has 1 heterocycles. The van der Waals surface area contributed by atoms with Crippen molar-refractivity contribution in [1.82, 2.24) is 5.32 Å². The van der Waals surface area contributed by atoms with Gasteiger partial charge in [-0.25, -0.2) is 8.78 Å². The third kappa shape index (κ3) is 3.29. The van der Waals surface area contributed by atoms with E-state index < -0.39 is 41.4 Å². The monoisotopic (exact) mass is 324 g/mol. The Morgan fingerprint density at radius 2 is 1.91 bits per heavy atom. The van der Waals surface area contributed by atoms with E-state index in [-0.39, 0.29) is 18.8 Å². The van der Waals surface area contributed by atoms with Gasteiger partial charge in [0, 0.05) is 19.2 Å². The zero-order valence-corrected chi connectivity index (χ0v) is 11.4. The Bertz CT molecular complexity index is 585. The first-order chi connectivity index (χ1) is 10.1. The Balaban J connectivity index is 2.18. The fraction of sp³-hybridized carbons (Fsp3) is 0.462. The molecular formula is C13H13F5N2O2. The highest BCUT2D eigenvalue weighted by Crippen LogP contribution is 2.27. The molecule has 0 aliphatic carbocycles. The second-order valence-corrected chi connectivity index (χ2v) is 5.08. The van der Waals surface area contributed by atoms with Crippen molar-refractivity contribution in [2.24, 2.45) is 0 Å². The van der Waals surface area contributed by atoms with E-state index in [0.29, 0.717) is 13.0 Å². The third-order valence-corrected chi connectivity index (χ3v) is 3.32. The summed E-state index contributed by atoms with van der Waals surface area (Å²) < 4.78 is 64.8. The maximum absolute atomic E-state index is 13.9. The van der Waals surface area contributed by atoms with E-state index >= 15 is 0 Å². The molecule has 1 aliphatic heterocycles. The number of β-amino-alcohol motifs (C(OH)–C–C–N with tert-alkyl or cyclic N) is 1. The molecule has 1 aromatic carbocycles. The molecule has 1 atom stereocenters. The van der Waals surface area contributed by atoms with Crippen LogP contribution < -0.4 is 10.2 Å². The van der Waals surface area contributed by atoms with Crippen molar-refractivity contribution < 1.29 is 31.9 Å². The summed E-state index contributed by atoms with van der Waals surface area (Å²) in [5.74, 6) is -3.43. The first kappa shape index (κ1) is 16.5. The van der Waals surface area contributed by atoms with E-state index in [1.54, 1.807) is 5.32 Å². The largest absolute Gasteiger partial charge is 0.408 e. The molecule has 4 nitrogen and oxygen atoms in total. The first-order valence-corrected chi connectivity index (χ1v) is 6.39. The van der Waals surface area contributed by atoms with Gasteiger partial charge in [0.05, 0.1) is 17.4 Å². The van der Waals surface area contributed by atoms with Crippen molar-refractivity contribution >= 4 is 11.6 Å². The molecule has 1 aliphatic rings. The quantitative estimate of drug-likeness (QED) is 0.834. The third-order valence-electron chi connectivity index (χ3n) is 3.32. The number of rotatable bonds is 3. The van der Waals surface area contributed by atoms with Crippen LogP contribution in [0.25, 0.3) is 0 Å². The summed E-state index contributed by atoms with van der Waals surface area (Å²) in [6.07, 6.45) is -5.32. The molecule has 1 aromatic rings. The lowest BCUT2D eigenvalue weighted by molar-refractivity contribution is -0.149. The van der Waals surface area contributed by atoms with E-state index in [4.69, 9.17) is 5.11 Å². The van der Waals surface area contributed by atoms with E-state index in [1.807, 2.05) is 0 Å². The number of nitrogens with zero attached hydrogens (tertiary/aromatic N) is 1. The Morgan fingerprint density at radius 3 is 2.41 bits per heavy atom. The zero-order valence-electron chi connectivity index (χ0n) is 11.4. The van der Waals surface area contributed by atoms with Gasteiger partial charge in [0.2, 0.25) is 0 Å². The number of amides is 1. The van der Waals surface area contributed by atoms with Crippen LogP contribution >= 0.6 is 0 Å². The summed E-state index contributed by atoms with van der Waals surface area (Å²) in [5, 5.41) is 10.7. The normalized spacial score (nSPS) is 17.1. The minimum absolute atomic E-state index is 0.118. The van der Waals surface area contributed by atoms with E-state index in [0.717, 1.165) is 6.07 Å². The molecule has 0 spiro atoms. The number of carbonyl (C=O) groups is 1. The number of aliphatic hydroxyl groups excluding tert-OH is 1. The van der Waals surface area contributed by atoms with Crippen LogP contribution in [-0.2, 0) is 0 Å². The SMILES string of the molecule is CC(NC(=O)c1cc(F)c(N2CC(O)C2)cc1F)C(F)(F)F. The summed E-state index contributed by atoms with van der Waals surface area (Å²) in [6.45, 7) is 0.933. The van der Waals surface area contributed by atoms with Gasteiger partial charge in [-0.15, -0.1) is 0 Å². The second-order valence-electron chi connectivity index (χ2n) is 5.08. The predicted molar refractivity (Wildman–Crippen MR) is 67.6 cm³/mol. The van der Waals surface area contributed by atoms with Gasteiger partial charge in [0.1, 0.15) is 17.7 Å². The van der Waals surface area contributed by atoms with Crippen molar-refractivity contribution in [1.29, 1.82) is 0 Å². The summed E-state index contributed by atoms with van der Waals surface area (Å²) in [4.78, 5) is 13.0.